The number of hydrogen-bond acceptors (Lipinski definition) is 5. The Kier molecular flexibility index (Phi) is 7.77. The summed E-state index contributed by atoms with van der Waals surface area (Å²) in [6.45, 7) is 7.47. The number of halogens is 1. The molecule has 166 valence electrons. The summed E-state index contributed by atoms with van der Waals surface area (Å²) in [5.74, 6) is -0.406. The van der Waals surface area contributed by atoms with Crippen molar-refractivity contribution >= 4 is 23.5 Å². The van der Waals surface area contributed by atoms with E-state index >= 15 is 0 Å². The maximum atomic E-state index is 14.1. The van der Waals surface area contributed by atoms with Crippen molar-refractivity contribution in [3.05, 3.63) is 53.6 Å². The summed E-state index contributed by atoms with van der Waals surface area (Å²) in [7, 11) is 0. The van der Waals surface area contributed by atoms with Crippen LogP contribution in [0.3, 0.4) is 0 Å². The van der Waals surface area contributed by atoms with Crippen LogP contribution in [0.4, 0.5) is 25.4 Å². The number of nitrogens with zero attached hydrogens (tertiary/aromatic N) is 3. The third-order valence-corrected chi connectivity index (χ3v) is 5.00. The minimum absolute atomic E-state index is 0.275. The molecule has 0 radical (unpaired) electrons. The summed E-state index contributed by atoms with van der Waals surface area (Å²) in [5.41, 5.74) is 2.59. The normalized spacial score (nSPS) is 14.2. The number of rotatable bonds is 6. The molecule has 2 heterocycles. The van der Waals surface area contributed by atoms with Crippen LogP contribution < -0.4 is 10.6 Å². The molecule has 1 aromatic heterocycles. The zero-order chi connectivity index (χ0) is 22.2. The first-order valence-electron chi connectivity index (χ1n) is 10.4. The molecule has 8 nitrogen and oxygen atoms in total. The van der Waals surface area contributed by atoms with Crippen LogP contribution in [-0.2, 0) is 11.2 Å². The van der Waals surface area contributed by atoms with Crippen LogP contribution in [0.2, 0.25) is 0 Å². The van der Waals surface area contributed by atoms with Gasteiger partial charge in [-0.3, -0.25) is 9.88 Å². The zero-order valence-electron chi connectivity index (χ0n) is 17.9. The quantitative estimate of drug-likeness (QED) is 0.734. The van der Waals surface area contributed by atoms with Gasteiger partial charge in [0.25, 0.3) is 0 Å². The van der Waals surface area contributed by atoms with Gasteiger partial charge in [0.2, 0.25) is 0 Å². The van der Waals surface area contributed by atoms with Crippen LogP contribution in [0.1, 0.15) is 18.2 Å². The van der Waals surface area contributed by atoms with Crippen molar-refractivity contribution < 1.29 is 18.7 Å². The zero-order valence-corrected chi connectivity index (χ0v) is 17.9. The number of amides is 3. The molecule has 0 spiro atoms. The van der Waals surface area contributed by atoms with Gasteiger partial charge in [0.1, 0.15) is 5.82 Å². The number of carbonyl (C=O) groups excluding carboxylic acids is 2. The third kappa shape index (κ3) is 6.92. The van der Waals surface area contributed by atoms with E-state index in [1.165, 1.54) is 12.1 Å². The van der Waals surface area contributed by atoms with Gasteiger partial charge in [-0.15, -0.1) is 0 Å². The number of urea groups is 1. The van der Waals surface area contributed by atoms with Gasteiger partial charge in [0, 0.05) is 44.1 Å². The largest absolute Gasteiger partial charge is 0.450 e. The van der Waals surface area contributed by atoms with E-state index in [4.69, 9.17) is 4.74 Å². The van der Waals surface area contributed by atoms with Crippen LogP contribution in [0.15, 0.2) is 36.5 Å². The predicted molar refractivity (Wildman–Crippen MR) is 117 cm³/mol. The number of nitrogens with one attached hydrogen (secondary N) is 2. The van der Waals surface area contributed by atoms with Gasteiger partial charge >= 0.3 is 12.1 Å². The Morgan fingerprint density at radius 2 is 1.84 bits per heavy atom. The summed E-state index contributed by atoms with van der Waals surface area (Å²) in [4.78, 5) is 32.0. The van der Waals surface area contributed by atoms with E-state index in [1.807, 2.05) is 6.92 Å². The van der Waals surface area contributed by atoms with Crippen molar-refractivity contribution in [3.63, 3.8) is 0 Å². The van der Waals surface area contributed by atoms with Crippen LogP contribution in [0.5, 0.6) is 0 Å². The van der Waals surface area contributed by atoms with Crippen LogP contribution in [0, 0.1) is 12.7 Å². The lowest BCUT2D eigenvalue weighted by Gasteiger charge is -2.34. The number of anilines is 2. The van der Waals surface area contributed by atoms with E-state index in [-0.39, 0.29) is 6.09 Å². The molecule has 0 atom stereocenters. The third-order valence-electron chi connectivity index (χ3n) is 5.00. The topological polar surface area (TPSA) is 86.8 Å². The second-order valence-electron chi connectivity index (χ2n) is 7.39. The number of benzene rings is 1. The molecule has 0 aliphatic carbocycles. The summed E-state index contributed by atoms with van der Waals surface area (Å²) in [5, 5.41) is 5.34. The Morgan fingerprint density at radius 3 is 2.52 bits per heavy atom. The first kappa shape index (κ1) is 22.5. The van der Waals surface area contributed by atoms with Crippen molar-refractivity contribution in [2.75, 3.05) is 50.0 Å². The number of piperazine rings is 1. The molecule has 0 bridgehead atoms. The second kappa shape index (κ2) is 10.7. The van der Waals surface area contributed by atoms with Crippen molar-refractivity contribution in [1.82, 2.24) is 14.8 Å². The summed E-state index contributed by atoms with van der Waals surface area (Å²) in [6, 6.07) is 7.61. The number of carbonyl (C=O) groups is 2. The molecule has 1 aliphatic heterocycles. The molecule has 3 rings (SSSR count). The molecule has 1 aromatic carbocycles. The number of aromatic nitrogens is 1. The molecule has 1 aliphatic rings. The molecule has 0 saturated carbocycles. The number of aryl methyl sites for hydroxylation is 1. The molecule has 1 fully saturated rings. The molecule has 31 heavy (non-hydrogen) atoms. The Morgan fingerprint density at radius 1 is 1.10 bits per heavy atom. The van der Waals surface area contributed by atoms with E-state index in [0.29, 0.717) is 37.5 Å². The number of hydrogen-bond donors (Lipinski definition) is 2. The van der Waals surface area contributed by atoms with Crippen molar-refractivity contribution in [2.24, 2.45) is 0 Å². The maximum absolute atomic E-state index is 14.1. The highest BCUT2D eigenvalue weighted by Crippen LogP contribution is 2.16. The van der Waals surface area contributed by atoms with Crippen molar-refractivity contribution in [3.8, 4) is 0 Å². The minimum Gasteiger partial charge on any atom is -0.450 e. The molecule has 2 aromatic rings. The van der Waals surface area contributed by atoms with Gasteiger partial charge < -0.3 is 20.3 Å². The fourth-order valence-corrected chi connectivity index (χ4v) is 3.36. The molecule has 0 unspecified atom stereocenters. The SMILES string of the molecule is CCOC(=O)N1CCN(CCc2cc(F)cc(NC(=O)Nc3ccc(C)nc3)c2)CC1. The van der Waals surface area contributed by atoms with Gasteiger partial charge in [-0.2, -0.15) is 0 Å². The Balaban J connectivity index is 1.50. The highest BCUT2D eigenvalue weighted by molar-refractivity contribution is 5.99. The lowest BCUT2D eigenvalue weighted by molar-refractivity contribution is 0.0799. The van der Waals surface area contributed by atoms with E-state index in [9.17, 15) is 14.0 Å². The summed E-state index contributed by atoms with van der Waals surface area (Å²) >= 11 is 0. The van der Waals surface area contributed by atoms with Gasteiger partial charge in [-0.1, -0.05) is 0 Å². The van der Waals surface area contributed by atoms with Gasteiger partial charge in [-0.25, -0.2) is 14.0 Å². The fourth-order valence-electron chi connectivity index (χ4n) is 3.36. The van der Waals surface area contributed by atoms with Gasteiger partial charge in [-0.05, 0) is 56.2 Å². The van der Waals surface area contributed by atoms with Crippen molar-refractivity contribution in [2.45, 2.75) is 20.3 Å². The average Bonchev–Trinajstić information content (AvgIpc) is 2.74. The number of ether oxygens (including phenoxy) is 1. The lowest BCUT2D eigenvalue weighted by Crippen LogP contribution is -2.49. The predicted octanol–water partition coefficient (Wildman–Crippen LogP) is 3.49. The van der Waals surface area contributed by atoms with Crippen molar-refractivity contribution in [1.29, 1.82) is 0 Å². The highest BCUT2D eigenvalue weighted by atomic mass is 19.1. The van der Waals surface area contributed by atoms with E-state index in [1.54, 1.807) is 36.2 Å². The number of pyridine rings is 1. The minimum atomic E-state index is -0.461. The molecular formula is C22H28FN5O3. The van der Waals surface area contributed by atoms with E-state index < -0.39 is 11.8 Å². The first-order valence-corrected chi connectivity index (χ1v) is 10.4. The molecule has 9 heteroatoms. The van der Waals surface area contributed by atoms with E-state index in [2.05, 4.69) is 20.5 Å². The monoisotopic (exact) mass is 429 g/mol. The molecular weight excluding hydrogens is 401 g/mol. The first-order chi connectivity index (χ1) is 14.9. The van der Waals surface area contributed by atoms with Crippen LogP contribution in [-0.4, -0.2) is 66.2 Å². The lowest BCUT2D eigenvalue weighted by atomic mass is 10.1. The van der Waals surface area contributed by atoms with Gasteiger partial charge in [0.05, 0.1) is 18.5 Å². The molecule has 1 saturated heterocycles. The van der Waals surface area contributed by atoms with Crippen LogP contribution in [0.25, 0.3) is 0 Å². The fraction of sp³-hybridized carbons (Fsp3) is 0.409. The summed E-state index contributed by atoms with van der Waals surface area (Å²) in [6.07, 6.45) is 1.92. The van der Waals surface area contributed by atoms with Gasteiger partial charge in [0.15, 0.2) is 0 Å². The highest BCUT2D eigenvalue weighted by Gasteiger charge is 2.21. The van der Waals surface area contributed by atoms with E-state index in [0.717, 1.165) is 30.9 Å². The maximum Gasteiger partial charge on any atom is 0.409 e. The molecule has 2 N–H and O–H groups in total. The van der Waals surface area contributed by atoms with Crippen LogP contribution >= 0.6 is 0 Å². The smallest absolute Gasteiger partial charge is 0.409 e. The Hall–Kier alpha value is -3.20. The Labute approximate surface area is 181 Å². The Bertz CT molecular complexity index is 899. The standard InChI is InChI=1S/C22H28FN5O3/c1-3-31-22(30)28-10-8-27(9-11-28)7-6-17-12-18(23)14-20(13-17)26-21(29)25-19-5-4-16(2)24-15-19/h4-5,12-15H,3,6-11H2,1-2H3,(H2,25,26,29). The second-order valence-corrected chi connectivity index (χ2v) is 7.39. The molecule has 3 amide bonds. The average molecular weight is 429 g/mol. The summed E-state index contributed by atoms with van der Waals surface area (Å²) < 4.78 is 19.1.